The fourth-order valence-corrected chi connectivity index (χ4v) is 3.29. The van der Waals surface area contributed by atoms with Crippen molar-refractivity contribution in [3.05, 3.63) is 35.9 Å². The molecule has 1 fully saturated rings. The molecule has 0 bridgehead atoms. The molecule has 0 spiro atoms. The zero-order valence-electron chi connectivity index (χ0n) is 13.7. The molecule has 0 amide bonds. The summed E-state index contributed by atoms with van der Waals surface area (Å²) in [7, 11) is 0. The maximum atomic E-state index is 3.69. The van der Waals surface area contributed by atoms with Crippen LogP contribution in [-0.4, -0.2) is 36.1 Å². The molecule has 1 aromatic carbocycles. The van der Waals surface area contributed by atoms with Gasteiger partial charge in [0, 0.05) is 31.2 Å². The average molecular weight is 274 g/mol. The van der Waals surface area contributed by atoms with Crippen LogP contribution < -0.4 is 5.32 Å². The molecule has 2 atom stereocenters. The molecule has 0 aromatic heterocycles. The Balaban J connectivity index is 2.07. The molecule has 2 nitrogen and oxygen atoms in total. The van der Waals surface area contributed by atoms with E-state index in [1.54, 1.807) is 0 Å². The molecule has 2 rings (SSSR count). The highest BCUT2D eigenvalue weighted by molar-refractivity contribution is 5.19. The van der Waals surface area contributed by atoms with Crippen LogP contribution in [0.4, 0.5) is 0 Å². The fourth-order valence-electron chi connectivity index (χ4n) is 3.29. The summed E-state index contributed by atoms with van der Waals surface area (Å²) in [4.78, 5) is 2.69. The van der Waals surface area contributed by atoms with Crippen molar-refractivity contribution in [2.75, 3.05) is 19.6 Å². The van der Waals surface area contributed by atoms with Gasteiger partial charge in [-0.15, -0.1) is 0 Å². The Kier molecular flexibility index (Phi) is 4.87. The van der Waals surface area contributed by atoms with Crippen LogP contribution in [0.3, 0.4) is 0 Å². The SMILES string of the molecule is CC(CN1CC(C)(C)NCC1C(C)C)c1ccccc1. The minimum atomic E-state index is 0.224. The number of rotatable bonds is 4. The first-order valence-corrected chi connectivity index (χ1v) is 7.93. The number of benzene rings is 1. The van der Waals surface area contributed by atoms with E-state index in [1.807, 2.05) is 0 Å². The van der Waals surface area contributed by atoms with Crippen molar-refractivity contribution >= 4 is 0 Å². The molecule has 1 heterocycles. The second kappa shape index (κ2) is 6.28. The van der Waals surface area contributed by atoms with Gasteiger partial charge in [-0.25, -0.2) is 0 Å². The van der Waals surface area contributed by atoms with Gasteiger partial charge in [-0.3, -0.25) is 4.90 Å². The lowest BCUT2D eigenvalue weighted by Crippen LogP contribution is -2.63. The van der Waals surface area contributed by atoms with Gasteiger partial charge in [-0.1, -0.05) is 51.1 Å². The molecule has 2 unspecified atom stereocenters. The first-order chi connectivity index (χ1) is 9.39. The molecule has 2 heteroatoms. The van der Waals surface area contributed by atoms with Crippen LogP contribution in [-0.2, 0) is 0 Å². The first kappa shape index (κ1) is 15.5. The Morgan fingerprint density at radius 3 is 2.45 bits per heavy atom. The summed E-state index contributed by atoms with van der Waals surface area (Å²) in [5, 5.41) is 3.69. The Morgan fingerprint density at radius 2 is 1.85 bits per heavy atom. The van der Waals surface area contributed by atoms with Crippen molar-refractivity contribution < 1.29 is 0 Å². The molecule has 0 aliphatic carbocycles. The van der Waals surface area contributed by atoms with Gasteiger partial charge in [-0.05, 0) is 31.2 Å². The van der Waals surface area contributed by atoms with Crippen LogP contribution >= 0.6 is 0 Å². The molecule has 1 N–H and O–H groups in total. The van der Waals surface area contributed by atoms with E-state index in [0.29, 0.717) is 17.9 Å². The summed E-state index contributed by atoms with van der Waals surface area (Å²) < 4.78 is 0. The van der Waals surface area contributed by atoms with Crippen molar-refractivity contribution in [3.8, 4) is 0 Å². The summed E-state index contributed by atoms with van der Waals surface area (Å²) in [5.41, 5.74) is 1.67. The van der Waals surface area contributed by atoms with E-state index in [2.05, 4.69) is 75.2 Å². The predicted octanol–water partition coefficient (Wildman–Crippen LogP) is 3.50. The normalized spacial score (nSPS) is 24.8. The smallest absolute Gasteiger partial charge is 0.0252 e. The van der Waals surface area contributed by atoms with Gasteiger partial charge in [0.25, 0.3) is 0 Å². The summed E-state index contributed by atoms with van der Waals surface area (Å²) >= 11 is 0. The topological polar surface area (TPSA) is 15.3 Å². The quantitative estimate of drug-likeness (QED) is 0.904. The van der Waals surface area contributed by atoms with Gasteiger partial charge in [0.2, 0.25) is 0 Å². The molecule has 0 saturated carbocycles. The van der Waals surface area contributed by atoms with E-state index in [1.165, 1.54) is 5.56 Å². The maximum absolute atomic E-state index is 3.69. The second-order valence-corrected chi connectivity index (χ2v) is 7.32. The Labute approximate surface area is 124 Å². The zero-order valence-corrected chi connectivity index (χ0v) is 13.7. The highest BCUT2D eigenvalue weighted by Gasteiger charge is 2.34. The van der Waals surface area contributed by atoms with E-state index >= 15 is 0 Å². The van der Waals surface area contributed by atoms with Gasteiger partial charge in [-0.2, -0.15) is 0 Å². The van der Waals surface area contributed by atoms with Crippen molar-refractivity contribution in [2.24, 2.45) is 5.92 Å². The summed E-state index contributed by atoms with van der Waals surface area (Å²) in [6.45, 7) is 15.0. The predicted molar refractivity (Wildman–Crippen MR) is 87.1 cm³/mol. The molecule has 20 heavy (non-hydrogen) atoms. The number of hydrogen-bond acceptors (Lipinski definition) is 2. The van der Waals surface area contributed by atoms with E-state index in [4.69, 9.17) is 0 Å². The Bertz CT molecular complexity index is 411. The van der Waals surface area contributed by atoms with Crippen LogP contribution in [0.1, 0.15) is 46.1 Å². The summed E-state index contributed by atoms with van der Waals surface area (Å²) in [6, 6.07) is 11.5. The van der Waals surface area contributed by atoms with E-state index in [-0.39, 0.29) is 5.54 Å². The summed E-state index contributed by atoms with van der Waals surface area (Å²) in [6.07, 6.45) is 0. The van der Waals surface area contributed by atoms with Crippen LogP contribution in [0.2, 0.25) is 0 Å². The highest BCUT2D eigenvalue weighted by atomic mass is 15.3. The number of hydrogen-bond donors (Lipinski definition) is 1. The second-order valence-electron chi connectivity index (χ2n) is 7.32. The molecule has 112 valence electrons. The molecule has 1 aliphatic rings. The Morgan fingerprint density at radius 1 is 1.20 bits per heavy atom. The van der Waals surface area contributed by atoms with Gasteiger partial charge in [0.15, 0.2) is 0 Å². The largest absolute Gasteiger partial charge is 0.309 e. The third kappa shape index (κ3) is 3.83. The van der Waals surface area contributed by atoms with E-state index in [9.17, 15) is 0 Å². The third-order valence-corrected chi connectivity index (χ3v) is 4.50. The van der Waals surface area contributed by atoms with Crippen LogP contribution in [0.15, 0.2) is 30.3 Å². The van der Waals surface area contributed by atoms with Crippen LogP contribution in [0.25, 0.3) is 0 Å². The van der Waals surface area contributed by atoms with Gasteiger partial charge in [0.1, 0.15) is 0 Å². The van der Waals surface area contributed by atoms with E-state index in [0.717, 1.165) is 19.6 Å². The lowest BCUT2D eigenvalue weighted by atomic mass is 9.91. The summed E-state index contributed by atoms with van der Waals surface area (Å²) in [5.74, 6) is 1.29. The lowest BCUT2D eigenvalue weighted by Gasteiger charge is -2.47. The van der Waals surface area contributed by atoms with Gasteiger partial charge in [0.05, 0.1) is 0 Å². The molecule has 1 aliphatic heterocycles. The standard InChI is InChI=1S/C18H30N2/c1-14(2)17-11-19-18(4,5)13-20(17)12-15(3)16-9-7-6-8-10-16/h6-10,14-15,17,19H,11-13H2,1-5H3. The number of nitrogens with one attached hydrogen (secondary N) is 1. The van der Waals surface area contributed by atoms with Crippen molar-refractivity contribution in [2.45, 2.75) is 52.1 Å². The molecular formula is C18H30N2. The molecular weight excluding hydrogens is 244 g/mol. The average Bonchev–Trinajstić information content (AvgIpc) is 2.38. The van der Waals surface area contributed by atoms with E-state index < -0.39 is 0 Å². The van der Waals surface area contributed by atoms with Crippen molar-refractivity contribution in [3.63, 3.8) is 0 Å². The fraction of sp³-hybridized carbons (Fsp3) is 0.667. The number of piperazine rings is 1. The molecule has 1 aromatic rings. The number of nitrogens with zero attached hydrogens (tertiary/aromatic N) is 1. The first-order valence-electron chi connectivity index (χ1n) is 7.93. The maximum Gasteiger partial charge on any atom is 0.0252 e. The lowest BCUT2D eigenvalue weighted by molar-refractivity contribution is 0.0651. The van der Waals surface area contributed by atoms with Crippen molar-refractivity contribution in [1.29, 1.82) is 0 Å². The molecule has 1 saturated heterocycles. The van der Waals surface area contributed by atoms with Crippen LogP contribution in [0.5, 0.6) is 0 Å². The van der Waals surface area contributed by atoms with Crippen LogP contribution in [0, 0.1) is 5.92 Å². The van der Waals surface area contributed by atoms with Gasteiger partial charge < -0.3 is 5.32 Å². The van der Waals surface area contributed by atoms with Gasteiger partial charge >= 0.3 is 0 Å². The minimum Gasteiger partial charge on any atom is -0.309 e. The van der Waals surface area contributed by atoms with Crippen molar-refractivity contribution in [1.82, 2.24) is 10.2 Å². The minimum absolute atomic E-state index is 0.224. The zero-order chi connectivity index (χ0) is 14.8. The third-order valence-electron chi connectivity index (χ3n) is 4.50. The highest BCUT2D eigenvalue weighted by Crippen LogP contribution is 2.24. The molecule has 0 radical (unpaired) electrons. The monoisotopic (exact) mass is 274 g/mol. The Hall–Kier alpha value is -0.860.